The van der Waals surface area contributed by atoms with Gasteiger partial charge in [0, 0.05) is 22.3 Å². The minimum atomic E-state index is -0.466. The average molecular weight is 435 g/mol. The van der Waals surface area contributed by atoms with Crippen molar-refractivity contribution < 1.29 is 19.0 Å². The summed E-state index contributed by atoms with van der Waals surface area (Å²) in [7, 11) is 1.50. The van der Waals surface area contributed by atoms with Gasteiger partial charge >= 0.3 is 6.09 Å². The van der Waals surface area contributed by atoms with E-state index in [-0.39, 0.29) is 35.6 Å². The van der Waals surface area contributed by atoms with E-state index in [1.807, 2.05) is 0 Å². The molecule has 5 saturated heterocycles. The summed E-state index contributed by atoms with van der Waals surface area (Å²) in [5, 5.41) is 0. The highest BCUT2D eigenvalue weighted by Crippen LogP contribution is 2.68. The lowest BCUT2D eigenvalue weighted by atomic mass is 9.68. The van der Waals surface area contributed by atoms with Crippen molar-refractivity contribution >= 4 is 28.7 Å². The first kappa shape index (κ1) is 16.4. The molecule has 23 heavy (non-hydrogen) atoms. The van der Waals surface area contributed by atoms with Crippen LogP contribution in [0.1, 0.15) is 39.5 Å². The predicted molar refractivity (Wildman–Crippen MR) is 93.5 cm³/mol. The molecule has 0 aromatic heterocycles. The van der Waals surface area contributed by atoms with E-state index in [0.29, 0.717) is 5.92 Å². The van der Waals surface area contributed by atoms with Gasteiger partial charge in [-0.15, -0.1) is 0 Å². The number of amides is 1. The summed E-state index contributed by atoms with van der Waals surface area (Å²) < 4.78 is 19.0. The number of carbonyl (C=O) groups is 1. The zero-order valence-electron chi connectivity index (χ0n) is 14.1. The SMILES string of the molecule is CCCC[C@]12[C@@H]3C[C@H]([C@H]4C(C)CO[C@@]4(O3)[C@H]1CI)N2C(=O)OC. The van der Waals surface area contributed by atoms with Crippen molar-refractivity contribution in [2.45, 2.75) is 63.0 Å². The van der Waals surface area contributed by atoms with E-state index in [9.17, 15) is 4.79 Å². The van der Waals surface area contributed by atoms with Gasteiger partial charge in [-0.1, -0.05) is 49.3 Å². The van der Waals surface area contributed by atoms with Crippen LogP contribution in [0.5, 0.6) is 0 Å². The molecule has 0 aromatic carbocycles. The van der Waals surface area contributed by atoms with Crippen LogP contribution in [0, 0.1) is 17.8 Å². The quantitative estimate of drug-likeness (QED) is 0.503. The normalized spacial score (nSPS) is 49.7. The van der Waals surface area contributed by atoms with E-state index < -0.39 is 5.79 Å². The molecule has 5 fully saturated rings. The molecule has 130 valence electrons. The molecule has 0 saturated carbocycles. The summed E-state index contributed by atoms with van der Waals surface area (Å²) in [4.78, 5) is 14.8. The summed E-state index contributed by atoms with van der Waals surface area (Å²) in [6, 6.07) is 0.203. The lowest BCUT2D eigenvalue weighted by Gasteiger charge is -2.53. The molecule has 1 spiro atoms. The number of unbranched alkanes of at least 4 members (excludes halogenated alkanes) is 1. The van der Waals surface area contributed by atoms with E-state index >= 15 is 0 Å². The lowest BCUT2D eigenvalue weighted by Crippen LogP contribution is -2.68. The second-order valence-corrected chi connectivity index (χ2v) is 8.47. The number of piperidine rings is 1. The van der Waals surface area contributed by atoms with Gasteiger partial charge in [0.15, 0.2) is 5.79 Å². The van der Waals surface area contributed by atoms with Gasteiger partial charge in [0.25, 0.3) is 0 Å². The minimum Gasteiger partial charge on any atom is -0.453 e. The van der Waals surface area contributed by atoms with Crippen molar-refractivity contribution in [2.24, 2.45) is 17.8 Å². The Morgan fingerprint density at radius 1 is 1.48 bits per heavy atom. The van der Waals surface area contributed by atoms with E-state index in [1.54, 1.807) is 0 Å². The van der Waals surface area contributed by atoms with Crippen molar-refractivity contribution in [1.82, 2.24) is 4.90 Å². The lowest BCUT2D eigenvalue weighted by molar-refractivity contribution is -0.266. The maximum atomic E-state index is 12.7. The number of nitrogens with zero attached hydrogens (tertiary/aromatic N) is 1. The number of hydrogen-bond acceptors (Lipinski definition) is 4. The van der Waals surface area contributed by atoms with Crippen LogP contribution < -0.4 is 0 Å². The smallest absolute Gasteiger partial charge is 0.410 e. The second-order valence-electron chi connectivity index (χ2n) is 7.59. The first-order valence-corrected chi connectivity index (χ1v) is 10.3. The molecule has 5 nitrogen and oxygen atoms in total. The van der Waals surface area contributed by atoms with Crippen molar-refractivity contribution in [3.05, 3.63) is 0 Å². The Labute approximate surface area is 151 Å². The van der Waals surface area contributed by atoms with Gasteiger partial charge in [-0.05, 0) is 18.8 Å². The molecule has 5 aliphatic heterocycles. The van der Waals surface area contributed by atoms with E-state index in [2.05, 4.69) is 41.3 Å². The third-order valence-electron chi connectivity index (χ3n) is 6.73. The molecule has 0 N–H and O–H groups in total. The highest BCUT2D eigenvalue weighted by atomic mass is 127. The van der Waals surface area contributed by atoms with Crippen LogP contribution in [0.25, 0.3) is 0 Å². The van der Waals surface area contributed by atoms with Gasteiger partial charge in [0.1, 0.15) is 0 Å². The van der Waals surface area contributed by atoms with Crippen LogP contribution in [0.2, 0.25) is 0 Å². The predicted octanol–water partition coefficient (Wildman–Crippen LogP) is 3.20. The van der Waals surface area contributed by atoms with Crippen molar-refractivity contribution in [3.63, 3.8) is 0 Å². The first-order valence-electron chi connectivity index (χ1n) is 8.81. The number of carbonyl (C=O) groups excluding carboxylic acids is 1. The van der Waals surface area contributed by atoms with Crippen LogP contribution >= 0.6 is 22.6 Å². The van der Waals surface area contributed by atoms with Crippen molar-refractivity contribution in [1.29, 1.82) is 0 Å². The zero-order valence-corrected chi connectivity index (χ0v) is 16.2. The van der Waals surface area contributed by atoms with Gasteiger partial charge < -0.3 is 14.2 Å². The largest absolute Gasteiger partial charge is 0.453 e. The van der Waals surface area contributed by atoms with Gasteiger partial charge in [0.05, 0.1) is 25.4 Å². The molecular formula is C17H26INO4. The summed E-state index contributed by atoms with van der Waals surface area (Å²) in [5.41, 5.74) is -0.241. The van der Waals surface area contributed by atoms with Crippen molar-refractivity contribution in [3.8, 4) is 0 Å². The third kappa shape index (κ3) is 1.78. The molecule has 6 heteroatoms. The van der Waals surface area contributed by atoms with Crippen LogP contribution in [-0.2, 0) is 14.2 Å². The monoisotopic (exact) mass is 435 g/mol. The molecular weight excluding hydrogens is 409 g/mol. The summed E-state index contributed by atoms with van der Waals surface area (Å²) in [5.74, 6) is 0.461. The Morgan fingerprint density at radius 2 is 2.26 bits per heavy atom. The first-order chi connectivity index (χ1) is 11.1. The van der Waals surface area contributed by atoms with Crippen LogP contribution in [0.15, 0.2) is 0 Å². The maximum absolute atomic E-state index is 12.7. The number of halogens is 1. The molecule has 7 atom stereocenters. The molecule has 0 radical (unpaired) electrons. The fourth-order valence-corrected chi connectivity index (χ4v) is 7.38. The Morgan fingerprint density at radius 3 is 2.91 bits per heavy atom. The van der Waals surface area contributed by atoms with E-state index in [0.717, 1.165) is 36.7 Å². The van der Waals surface area contributed by atoms with Crippen molar-refractivity contribution in [2.75, 3.05) is 18.1 Å². The van der Waals surface area contributed by atoms with Gasteiger partial charge in [-0.3, -0.25) is 4.90 Å². The second kappa shape index (κ2) is 5.46. The fraction of sp³-hybridized carbons (Fsp3) is 0.941. The Balaban J connectivity index is 1.84. The van der Waals surface area contributed by atoms with Crippen LogP contribution in [-0.4, -0.2) is 52.6 Å². The van der Waals surface area contributed by atoms with Crippen LogP contribution in [0.4, 0.5) is 4.79 Å². The van der Waals surface area contributed by atoms with Crippen LogP contribution in [0.3, 0.4) is 0 Å². The zero-order chi connectivity index (χ0) is 16.4. The standard InChI is InChI=1S/C17H26INO4/c1-4-5-6-16-12(8-18)17-14(10(2)9-22-17)11(7-13(16)23-17)19(16)15(20)21-3/h10-14H,4-9H2,1-3H3/t10?,11-,12+,13+,14-,16-,17-/m1/s1. The van der Waals surface area contributed by atoms with Gasteiger partial charge in [-0.2, -0.15) is 0 Å². The highest BCUT2D eigenvalue weighted by Gasteiger charge is 2.81. The Hall–Kier alpha value is -0.0800. The highest BCUT2D eigenvalue weighted by molar-refractivity contribution is 14.1. The Kier molecular flexibility index (Phi) is 3.89. The Bertz CT molecular complexity index is 517. The number of methoxy groups -OCH3 is 1. The molecule has 5 heterocycles. The van der Waals surface area contributed by atoms with E-state index in [4.69, 9.17) is 14.2 Å². The number of rotatable bonds is 4. The van der Waals surface area contributed by atoms with Gasteiger partial charge in [0.2, 0.25) is 0 Å². The molecule has 0 aromatic rings. The minimum absolute atomic E-state index is 0.0967. The van der Waals surface area contributed by atoms with Gasteiger partial charge in [-0.25, -0.2) is 4.79 Å². The topological polar surface area (TPSA) is 48.0 Å². The maximum Gasteiger partial charge on any atom is 0.410 e. The summed E-state index contributed by atoms with van der Waals surface area (Å²) >= 11 is 2.45. The molecule has 4 bridgehead atoms. The number of alkyl halides is 1. The fourth-order valence-electron chi connectivity index (χ4n) is 6.01. The van der Waals surface area contributed by atoms with E-state index in [1.165, 1.54) is 7.11 Å². The number of ether oxygens (including phenoxy) is 3. The third-order valence-corrected chi connectivity index (χ3v) is 7.61. The molecule has 0 aliphatic carbocycles. The molecule has 5 aliphatic rings. The summed E-state index contributed by atoms with van der Waals surface area (Å²) in [6.07, 6.45) is 4.06. The summed E-state index contributed by atoms with van der Waals surface area (Å²) in [6.45, 7) is 5.17. The number of hydrogen-bond donors (Lipinski definition) is 0. The molecule has 1 unspecified atom stereocenters. The molecule has 1 amide bonds. The molecule has 5 rings (SSSR count). The average Bonchev–Trinajstić information content (AvgIpc) is 3.09.